The van der Waals surface area contributed by atoms with E-state index in [1.165, 1.54) is 241 Å². The van der Waals surface area contributed by atoms with Gasteiger partial charge in [0.1, 0.15) is 0 Å². The van der Waals surface area contributed by atoms with Crippen molar-refractivity contribution >= 4 is 30.3 Å². The van der Waals surface area contributed by atoms with Crippen molar-refractivity contribution in [3.63, 3.8) is 0 Å². The number of carbonyl (C=O) groups is 3. The molecule has 0 aromatic carbocycles. The number of morpholine rings is 3. The van der Waals surface area contributed by atoms with Crippen molar-refractivity contribution in [1.82, 2.24) is 30.7 Å². The molecule has 28 rings (SSSR count). The molecule has 7 saturated heterocycles. The summed E-state index contributed by atoms with van der Waals surface area (Å²) in [4.78, 5) is 45.0. The monoisotopic (exact) mass is 2060 g/mol. The van der Waals surface area contributed by atoms with Crippen LogP contribution in [0.25, 0.3) is 0 Å². The van der Waals surface area contributed by atoms with Gasteiger partial charge in [0, 0.05) is 93.6 Å². The molecule has 0 spiro atoms. The Morgan fingerprint density at radius 1 is 0.423 bits per heavy atom. The summed E-state index contributed by atoms with van der Waals surface area (Å²) in [6.07, 6.45) is 60.4. The number of carboxylic acids is 1. The van der Waals surface area contributed by atoms with Crippen molar-refractivity contribution in [2.45, 2.75) is 403 Å². The maximum absolute atomic E-state index is 12.5. The first-order chi connectivity index (χ1) is 70.3. The van der Waals surface area contributed by atoms with Gasteiger partial charge in [-0.25, -0.2) is 0 Å². The van der Waals surface area contributed by atoms with Crippen LogP contribution in [0.15, 0.2) is 106 Å². The minimum atomic E-state index is -0.590. The highest BCUT2D eigenvalue weighted by Crippen LogP contribution is 2.83. The lowest BCUT2D eigenvalue weighted by molar-refractivity contribution is -0.224. The van der Waals surface area contributed by atoms with Gasteiger partial charge in [-0.15, -0.1) is 12.4 Å². The van der Waals surface area contributed by atoms with E-state index < -0.39 is 5.97 Å². The molecule has 0 aromatic heterocycles. The van der Waals surface area contributed by atoms with Crippen molar-refractivity contribution in [1.29, 1.82) is 0 Å². The van der Waals surface area contributed by atoms with E-state index in [9.17, 15) is 19.5 Å². The molecule has 0 aromatic rings. The Morgan fingerprint density at radius 3 is 1.10 bits per heavy atom. The van der Waals surface area contributed by atoms with Crippen LogP contribution in [0.3, 0.4) is 0 Å². The maximum atomic E-state index is 12.5. The highest BCUT2D eigenvalue weighted by molar-refractivity contribution is 5.85. The molecule has 0 amide bonds. The minimum absolute atomic E-state index is 0. The van der Waals surface area contributed by atoms with Crippen molar-refractivity contribution in [3.8, 4) is 0 Å². The van der Waals surface area contributed by atoms with Crippen LogP contribution in [0.2, 0.25) is 0 Å². The average Bonchev–Trinajstić information content (AvgIpc) is 1.20. The van der Waals surface area contributed by atoms with Gasteiger partial charge in [0.05, 0.1) is 69.1 Å². The molecule has 0 radical (unpaired) electrons. The number of halogens is 1. The van der Waals surface area contributed by atoms with E-state index in [2.05, 4.69) is 211 Å². The van der Waals surface area contributed by atoms with Gasteiger partial charge in [0.2, 0.25) is 0 Å². The van der Waals surface area contributed by atoms with E-state index in [0.717, 1.165) is 125 Å². The number of nitrogens with zero attached hydrogens (tertiary/aromatic N) is 3. The van der Waals surface area contributed by atoms with Crippen molar-refractivity contribution in [2.75, 3.05) is 91.9 Å². The second-order valence-electron chi connectivity index (χ2n) is 61.3. The van der Waals surface area contributed by atoms with Crippen LogP contribution in [0.4, 0.5) is 0 Å². The van der Waals surface area contributed by atoms with E-state index in [1.54, 1.807) is 27.9 Å². The summed E-state index contributed by atoms with van der Waals surface area (Å²) in [5.74, 6) is 13.1. The lowest BCUT2D eigenvalue weighted by atomic mass is 9.33. The van der Waals surface area contributed by atoms with Gasteiger partial charge in [0.15, 0.2) is 0 Å². The standard InChI is InChI=1S/C45H68N2O3.C43H64N2O3.C40H59NO2.C5H9NO.ClH/c1-9-49-40(48)38-32-22-28(23-33(32)38)34-13-15-42(6)36(41(34,4)5)14-16-44(8)37(42)11-10-35-39-31(27(2)3)12-17-45(39,19-18-43(35,44)7)46-20-21-47-25-30-24-29(47)26-50-30;1-25(2)29-10-15-43(44-18-19-45-23-28-22-27(45)24-48-28)17-16-41(6)33(37(29)43)8-9-35-40(5)13-11-32(26-20-30-31(21-26)36(30)38(46)47)39(3,4)34(40)12-14-42(35,41)7;1-9-43-35(42)33-27-22-25(23-28(27)33)29-13-15-37(6)31(36(29,4)5)14-16-39(8)32(37)11-10-30-34-26(24(2)3)12-17-40(34,41-20-21-41)19-18-38(30,39)7;1-4-3-7-5(1)2-6-4;/h13,22,29-33,35-39,46H,2,9-12,14-21,23-26H2,1,3-8H3;11,20,27-31,33-37,44H,1,8-10,12-19,21-24H2,2-7H3,(H,46,47);13,22,26-28,30-34H,2,9-12,14-21,23H2,1,3-8H3;4-6H,1-3H2;1H/t29-,30-,31+,32?,33?,35-,36+,37-,38?,39-,42+,43-,44-,45+;27-,28-,29-,30?,31?,33+,34-,35+,36?,37+,40-,41+,42+,43-;26-,27?,28?,30+,31-,32+,33?,34+,37-,38+,39+,40-;4-,5-;/m1000./s1. The molecule has 9 unspecified atom stereocenters. The number of carbonyl (C=O) groups excluding carboxylic acids is 2. The fraction of sp³-hybridized carbons (Fsp3) is 0.842. The zero-order valence-electron chi connectivity index (χ0n) is 96.6. The molecular formula is C133H201ClN6O9. The first-order valence-electron chi connectivity index (χ1n) is 62.4. The molecule has 4 N–H and O–H groups in total. The molecule has 824 valence electrons. The quantitative estimate of drug-likeness (QED) is 0.0517. The summed E-state index contributed by atoms with van der Waals surface area (Å²) in [7, 11) is 0. The molecule has 28 aliphatic rings. The van der Waals surface area contributed by atoms with E-state index in [-0.39, 0.29) is 75.3 Å². The number of esters is 2. The molecule has 7 heterocycles. The summed E-state index contributed by atoms with van der Waals surface area (Å²) in [6.45, 7) is 79.5. The second kappa shape index (κ2) is 37.0. The van der Waals surface area contributed by atoms with Crippen LogP contribution in [0.5, 0.6) is 0 Å². The molecule has 21 aliphatic carbocycles. The molecule has 42 atom stereocenters. The number of fused-ring (bicyclic) bond motifs is 30. The Morgan fingerprint density at radius 2 is 0.792 bits per heavy atom. The summed E-state index contributed by atoms with van der Waals surface area (Å²) < 4.78 is 27.9. The van der Waals surface area contributed by atoms with Gasteiger partial charge in [-0.1, -0.05) is 177 Å². The highest BCUT2D eigenvalue weighted by atomic mass is 35.5. The largest absolute Gasteiger partial charge is 0.481 e. The average molecular weight is 2060 g/mol. The number of likely N-dealkylation sites (tertiary alicyclic amines) is 2. The van der Waals surface area contributed by atoms with Crippen LogP contribution in [0, 0.1) is 207 Å². The Labute approximate surface area is 906 Å². The third kappa shape index (κ3) is 15.7. The predicted octanol–water partition coefficient (Wildman–Crippen LogP) is 26.2. The van der Waals surface area contributed by atoms with E-state index >= 15 is 0 Å². The van der Waals surface area contributed by atoms with Crippen LogP contribution in [0.1, 0.15) is 350 Å². The molecule has 15 saturated carbocycles. The van der Waals surface area contributed by atoms with Crippen LogP contribution >= 0.6 is 12.4 Å². The Hall–Kier alpha value is -4.00. The van der Waals surface area contributed by atoms with E-state index in [1.807, 2.05) is 13.8 Å². The van der Waals surface area contributed by atoms with Gasteiger partial charge in [0.25, 0.3) is 0 Å². The number of ether oxygens (including phenoxy) is 5. The van der Waals surface area contributed by atoms with Gasteiger partial charge in [-0.3, -0.25) is 29.1 Å². The van der Waals surface area contributed by atoms with Crippen molar-refractivity contribution < 1.29 is 43.2 Å². The number of hydrogen-bond acceptors (Lipinski definition) is 14. The van der Waals surface area contributed by atoms with Crippen LogP contribution in [-0.2, 0) is 38.1 Å². The number of rotatable bonds is 20. The van der Waals surface area contributed by atoms with Crippen LogP contribution < -0.4 is 16.0 Å². The Kier molecular flexibility index (Phi) is 26.5. The molecule has 16 heteroatoms. The summed E-state index contributed by atoms with van der Waals surface area (Å²) in [6, 6.07) is 2.01. The molecular weight excluding hydrogens is 1860 g/mol. The third-order valence-electron chi connectivity index (χ3n) is 55.1. The fourth-order valence-electron chi connectivity index (χ4n) is 47.6. The van der Waals surface area contributed by atoms with Gasteiger partial charge < -0.3 is 44.7 Å². The van der Waals surface area contributed by atoms with Crippen molar-refractivity contribution in [3.05, 3.63) is 106 Å². The second-order valence-corrected chi connectivity index (χ2v) is 61.3. The molecule has 6 bridgehead atoms. The highest BCUT2D eigenvalue weighted by Gasteiger charge is 2.78. The molecule has 22 fully saturated rings. The van der Waals surface area contributed by atoms with E-state index in [0.29, 0.717) is 169 Å². The fourth-order valence-corrected chi connectivity index (χ4v) is 47.6. The minimum Gasteiger partial charge on any atom is -0.481 e. The maximum Gasteiger partial charge on any atom is 0.309 e. The Bertz CT molecular complexity index is 5480. The molecule has 149 heavy (non-hydrogen) atoms. The number of allylic oxidation sites excluding steroid dienone is 15. The van der Waals surface area contributed by atoms with Gasteiger partial charge in [-0.2, -0.15) is 0 Å². The topological polar surface area (TPSA) is 163 Å². The summed E-state index contributed by atoms with van der Waals surface area (Å²) in [5, 5.41) is 21.7. The van der Waals surface area contributed by atoms with E-state index in [4.69, 9.17) is 23.7 Å². The van der Waals surface area contributed by atoms with Gasteiger partial charge in [-0.05, 0) is 469 Å². The van der Waals surface area contributed by atoms with Crippen molar-refractivity contribution in [2.24, 2.45) is 207 Å². The van der Waals surface area contributed by atoms with Crippen LogP contribution in [-0.4, -0.2) is 183 Å². The number of hydrogen-bond donors (Lipinski definition) is 4. The SMILES string of the molecule is C1O[C@@H]2CN[C@H]1C2.C=C(C)[C@@H]1CC[C@]2(N3CC3)CC[C@]3(C)[C@H](CC[C@@H]4[C@@]5(C)CC=C(C6=CC7C(C6)C7C(=O)OCC)C(C)(C)[C@@H]5CC[C@]43C)[C@@H]12.C=C(C)[C@@H]1CC[C@]2(NCCN3C[C@@H]4C[C@H]3CO4)CC[C@]3(C)[C@H](CC[C@@H]4[C@@]5(C)CC=C(C6=CC7C(C6)C7C(=O)O)C(C)(C)[C@@H]5CC[C@]43C)[C@@H]12.C=C(C)[C@@H]1CC[C@]2(NCCN3C[C@H]4C[C@@H]3CO4)CC[C@]3(C)[C@H](CC[C@@H]4[C@@]5(C)CC=C(C6=CC7C(C6)C7C(=O)OCC)C(C)(C)[C@@H]5CC[C@]43C)[C@@H]12.Cl. The number of carboxylic acid groups (broad SMARTS) is 1. The lowest BCUT2D eigenvalue weighted by Crippen LogP contribution is -2.68. The summed E-state index contributed by atoms with van der Waals surface area (Å²) in [5.41, 5.74) is 18.6. The normalized spacial score (nSPS) is 51.5. The lowest BCUT2D eigenvalue weighted by Gasteiger charge is -2.72. The zero-order valence-corrected chi connectivity index (χ0v) is 97.4. The van der Waals surface area contributed by atoms with Gasteiger partial charge >= 0.3 is 17.9 Å². The molecule has 7 aliphatic heterocycles. The molecule has 15 nitrogen and oxygen atoms in total. The Balaban J connectivity index is 0.000000115. The zero-order chi connectivity index (χ0) is 104. The smallest absolute Gasteiger partial charge is 0.309 e. The first-order valence-corrected chi connectivity index (χ1v) is 62.4. The predicted molar refractivity (Wildman–Crippen MR) is 599 cm³/mol. The summed E-state index contributed by atoms with van der Waals surface area (Å²) >= 11 is 0. The number of aliphatic carboxylic acids is 1. The first kappa shape index (κ1) is 107. The third-order valence-corrected chi connectivity index (χ3v) is 55.1. The number of nitrogens with one attached hydrogen (secondary N) is 3.